The van der Waals surface area contributed by atoms with Crippen LogP contribution in [0.5, 0.6) is 0 Å². The molecule has 10 nitrogen and oxygen atoms in total. The van der Waals surface area contributed by atoms with Crippen LogP contribution in [0.2, 0.25) is 5.02 Å². The Morgan fingerprint density at radius 1 is 0.978 bits per heavy atom. The van der Waals surface area contributed by atoms with Gasteiger partial charge in [-0.15, -0.1) is 0 Å². The van der Waals surface area contributed by atoms with Crippen molar-refractivity contribution in [2.24, 2.45) is 17.6 Å². The zero-order valence-electron chi connectivity index (χ0n) is 26.8. The third-order valence-electron chi connectivity index (χ3n) is 9.26. The molecule has 4 unspecified atom stereocenters. The first-order valence-electron chi connectivity index (χ1n) is 16.1. The predicted octanol–water partition coefficient (Wildman–Crippen LogP) is 4.80. The van der Waals surface area contributed by atoms with Gasteiger partial charge in [0.1, 0.15) is 12.1 Å². The number of ketones is 1. The van der Waals surface area contributed by atoms with Gasteiger partial charge in [0, 0.05) is 22.9 Å². The summed E-state index contributed by atoms with van der Waals surface area (Å²) in [7, 11) is 0. The SMILES string of the molecule is Cc1cccc(C(OC(=O)NC(CC2CCCCC2)C(=O)NC(CC2CCNC2=O)C(=O)C(N)=O)C(C)(C)c2cccc(Cl)c2)c1. The number of carbonyl (C=O) groups excluding carboxylic acids is 5. The quantitative estimate of drug-likeness (QED) is 0.228. The van der Waals surface area contributed by atoms with Gasteiger partial charge >= 0.3 is 6.09 Å². The molecule has 0 bridgehead atoms. The molecular formula is C35H45ClN4O6. The van der Waals surface area contributed by atoms with Crippen molar-refractivity contribution in [2.45, 2.75) is 95.7 Å². The smallest absolute Gasteiger partial charge is 0.408 e. The van der Waals surface area contributed by atoms with E-state index in [9.17, 15) is 24.0 Å². The predicted molar refractivity (Wildman–Crippen MR) is 175 cm³/mol. The molecule has 0 aromatic heterocycles. The molecular weight excluding hydrogens is 608 g/mol. The lowest BCUT2D eigenvalue weighted by Crippen LogP contribution is -2.54. The average molecular weight is 653 g/mol. The molecule has 2 aromatic carbocycles. The summed E-state index contributed by atoms with van der Waals surface area (Å²) >= 11 is 6.33. The van der Waals surface area contributed by atoms with Crippen LogP contribution in [-0.4, -0.2) is 48.2 Å². The van der Waals surface area contributed by atoms with Crippen LogP contribution < -0.4 is 21.7 Å². The van der Waals surface area contributed by atoms with Crippen LogP contribution >= 0.6 is 11.6 Å². The molecule has 1 saturated carbocycles. The number of nitrogens with two attached hydrogens (primary N) is 1. The summed E-state index contributed by atoms with van der Waals surface area (Å²) in [5, 5.41) is 8.68. The van der Waals surface area contributed by atoms with E-state index < -0.39 is 53.2 Å². The molecule has 2 aliphatic rings. The second-order valence-electron chi connectivity index (χ2n) is 13.2. The normalized spacial score (nSPS) is 19.0. The highest BCUT2D eigenvalue weighted by molar-refractivity contribution is 6.38. The number of nitrogens with one attached hydrogen (secondary N) is 3. The van der Waals surface area contributed by atoms with Gasteiger partial charge < -0.3 is 26.4 Å². The van der Waals surface area contributed by atoms with Gasteiger partial charge in [0.15, 0.2) is 0 Å². The summed E-state index contributed by atoms with van der Waals surface area (Å²) in [5.41, 5.74) is 7.21. The number of aryl methyl sites for hydroxylation is 1. The lowest BCUT2D eigenvalue weighted by Gasteiger charge is -2.35. The van der Waals surface area contributed by atoms with Crippen molar-refractivity contribution in [2.75, 3.05) is 6.54 Å². The second-order valence-corrected chi connectivity index (χ2v) is 13.6. The molecule has 11 heteroatoms. The third kappa shape index (κ3) is 9.09. The van der Waals surface area contributed by atoms with Gasteiger partial charge in [0.25, 0.3) is 5.91 Å². The summed E-state index contributed by atoms with van der Waals surface area (Å²) < 4.78 is 6.17. The first-order valence-corrected chi connectivity index (χ1v) is 16.4. The van der Waals surface area contributed by atoms with Crippen molar-refractivity contribution < 1.29 is 28.7 Å². The van der Waals surface area contributed by atoms with E-state index in [1.54, 1.807) is 6.07 Å². The van der Waals surface area contributed by atoms with Crippen LogP contribution in [0.1, 0.15) is 88.0 Å². The number of benzene rings is 2. The summed E-state index contributed by atoms with van der Waals surface area (Å²) in [6.07, 6.45) is 4.13. The highest BCUT2D eigenvalue weighted by atomic mass is 35.5. The standard InChI is InChI=1S/C35H45ClN4O6/c1-21-9-7-12-23(17-21)30(35(2,3)25-13-8-14-26(36)20-25)46-34(45)40-28(18-22-10-5-4-6-11-22)33(44)39-27(29(41)31(37)42)19-24-15-16-38-32(24)43/h7-9,12-14,17,20,22,24,27-28,30H,4-6,10-11,15-16,18-19H2,1-3H3,(H2,37,42)(H,38,43)(H,39,44)(H,40,45). The Morgan fingerprint density at radius 3 is 2.33 bits per heavy atom. The zero-order valence-corrected chi connectivity index (χ0v) is 27.5. The maximum absolute atomic E-state index is 13.8. The molecule has 1 saturated heterocycles. The Morgan fingerprint density at radius 2 is 1.70 bits per heavy atom. The van der Waals surface area contributed by atoms with Crippen molar-refractivity contribution in [3.8, 4) is 0 Å². The number of hydrogen-bond acceptors (Lipinski definition) is 6. The lowest BCUT2D eigenvalue weighted by atomic mass is 9.76. The van der Waals surface area contributed by atoms with Gasteiger partial charge in [0.05, 0.1) is 6.04 Å². The molecule has 2 fully saturated rings. The number of Topliss-reactive ketones (excluding diaryl/α,β-unsaturated/α-hetero) is 1. The summed E-state index contributed by atoms with van der Waals surface area (Å²) in [6.45, 7) is 6.32. The van der Waals surface area contributed by atoms with E-state index in [0.29, 0.717) is 24.4 Å². The minimum absolute atomic E-state index is 0.0663. The van der Waals surface area contributed by atoms with Crippen molar-refractivity contribution in [1.29, 1.82) is 0 Å². The Balaban J connectivity index is 1.59. The Hall–Kier alpha value is -3.92. The highest BCUT2D eigenvalue weighted by Gasteiger charge is 2.39. The first kappa shape index (κ1) is 34.9. The van der Waals surface area contributed by atoms with Crippen LogP contribution in [0.4, 0.5) is 4.79 Å². The molecule has 1 aliphatic heterocycles. The molecule has 4 amide bonds. The van der Waals surface area contributed by atoms with Gasteiger partial charge in [-0.2, -0.15) is 0 Å². The van der Waals surface area contributed by atoms with Crippen molar-refractivity contribution in [1.82, 2.24) is 16.0 Å². The number of alkyl carbamates (subject to hydrolysis) is 1. The minimum atomic E-state index is -1.30. The topological polar surface area (TPSA) is 157 Å². The van der Waals surface area contributed by atoms with Crippen LogP contribution in [0, 0.1) is 18.8 Å². The van der Waals surface area contributed by atoms with Crippen molar-refractivity contribution in [3.05, 3.63) is 70.2 Å². The van der Waals surface area contributed by atoms with E-state index in [0.717, 1.165) is 48.8 Å². The molecule has 5 N–H and O–H groups in total. The third-order valence-corrected chi connectivity index (χ3v) is 9.49. The van der Waals surface area contributed by atoms with Gasteiger partial charge in [0.2, 0.25) is 17.6 Å². The van der Waals surface area contributed by atoms with Gasteiger partial charge in [-0.1, -0.05) is 99.5 Å². The number of hydrogen-bond donors (Lipinski definition) is 4. The maximum atomic E-state index is 13.8. The van der Waals surface area contributed by atoms with Crippen LogP contribution in [0.15, 0.2) is 48.5 Å². The fourth-order valence-electron chi connectivity index (χ4n) is 6.61. The number of halogens is 1. The monoisotopic (exact) mass is 652 g/mol. The molecule has 0 spiro atoms. The molecule has 0 radical (unpaired) electrons. The number of amides is 4. The van der Waals surface area contributed by atoms with Crippen LogP contribution in [-0.2, 0) is 29.3 Å². The van der Waals surface area contributed by atoms with Crippen molar-refractivity contribution >= 4 is 41.2 Å². The van der Waals surface area contributed by atoms with Gasteiger partial charge in [-0.3, -0.25) is 19.2 Å². The van der Waals surface area contributed by atoms with E-state index in [4.69, 9.17) is 22.1 Å². The van der Waals surface area contributed by atoms with E-state index in [1.165, 1.54) is 0 Å². The molecule has 46 heavy (non-hydrogen) atoms. The van der Waals surface area contributed by atoms with Crippen LogP contribution in [0.3, 0.4) is 0 Å². The second kappa shape index (κ2) is 15.6. The minimum Gasteiger partial charge on any atom is -0.440 e. The van der Waals surface area contributed by atoms with E-state index in [-0.39, 0.29) is 18.2 Å². The molecule has 1 heterocycles. The summed E-state index contributed by atoms with van der Waals surface area (Å²) in [4.78, 5) is 64.4. The van der Waals surface area contributed by atoms with Gasteiger partial charge in [-0.25, -0.2) is 4.79 Å². The van der Waals surface area contributed by atoms with Crippen LogP contribution in [0.25, 0.3) is 0 Å². The number of primary amides is 1. The highest BCUT2D eigenvalue weighted by Crippen LogP contribution is 2.41. The fraction of sp³-hybridized carbons (Fsp3) is 0.514. The summed E-state index contributed by atoms with van der Waals surface area (Å²) in [5.74, 6) is -3.46. The summed E-state index contributed by atoms with van der Waals surface area (Å²) in [6, 6.07) is 12.7. The molecule has 1 aliphatic carbocycles. The zero-order chi connectivity index (χ0) is 33.4. The van der Waals surface area contributed by atoms with Gasteiger partial charge in [-0.05, 0) is 55.4 Å². The largest absolute Gasteiger partial charge is 0.440 e. The number of carbonyl (C=O) groups is 5. The van der Waals surface area contributed by atoms with E-state index >= 15 is 0 Å². The fourth-order valence-corrected chi connectivity index (χ4v) is 6.80. The van der Waals surface area contributed by atoms with E-state index in [2.05, 4.69) is 16.0 Å². The maximum Gasteiger partial charge on any atom is 0.408 e. The Kier molecular flexibility index (Phi) is 11.8. The molecule has 2 aromatic rings. The van der Waals surface area contributed by atoms with E-state index in [1.807, 2.05) is 63.2 Å². The Labute approximate surface area is 275 Å². The molecule has 4 rings (SSSR count). The lowest BCUT2D eigenvalue weighted by molar-refractivity contribution is -0.139. The average Bonchev–Trinajstić information content (AvgIpc) is 3.42. The first-order chi connectivity index (χ1) is 21.8. The molecule has 4 atom stereocenters. The molecule has 248 valence electrons. The van der Waals surface area contributed by atoms with Crippen molar-refractivity contribution in [3.63, 3.8) is 0 Å². The number of rotatable bonds is 13. The Bertz CT molecular complexity index is 1440. The number of ether oxygens (including phenoxy) is 1.